The summed E-state index contributed by atoms with van der Waals surface area (Å²) in [7, 11) is -3.83. The van der Waals surface area contributed by atoms with Crippen molar-refractivity contribution in [1.82, 2.24) is 4.72 Å². The summed E-state index contributed by atoms with van der Waals surface area (Å²) in [5, 5.41) is 3.61. The molecule has 0 saturated carbocycles. The van der Waals surface area contributed by atoms with E-state index in [0.29, 0.717) is 11.3 Å². The lowest BCUT2D eigenvalue weighted by atomic mass is 10.2. The Morgan fingerprint density at radius 2 is 1.76 bits per heavy atom. The molecule has 2 N–H and O–H groups in total. The Labute approximate surface area is 170 Å². The highest BCUT2D eigenvalue weighted by Crippen LogP contribution is 2.10. The molecule has 1 atom stereocenters. The van der Waals surface area contributed by atoms with Crippen molar-refractivity contribution in [1.29, 1.82) is 0 Å². The summed E-state index contributed by atoms with van der Waals surface area (Å²) in [4.78, 5) is 24.0. The van der Waals surface area contributed by atoms with Gasteiger partial charge in [0.05, 0.1) is 0 Å². The molecular weight excluding hydrogens is 392 g/mol. The van der Waals surface area contributed by atoms with Crippen LogP contribution in [0.25, 0.3) is 6.08 Å². The second-order valence-corrected chi connectivity index (χ2v) is 8.22. The molecular formula is C21H24N2O5S. The van der Waals surface area contributed by atoms with Gasteiger partial charge in [0.1, 0.15) is 6.54 Å². The minimum atomic E-state index is -3.83. The van der Waals surface area contributed by atoms with Gasteiger partial charge in [-0.3, -0.25) is 9.59 Å². The van der Waals surface area contributed by atoms with E-state index in [2.05, 4.69) is 10.0 Å². The third-order valence-electron chi connectivity index (χ3n) is 3.90. The highest BCUT2D eigenvalue weighted by molar-refractivity contribution is 7.92. The van der Waals surface area contributed by atoms with E-state index in [1.54, 1.807) is 30.3 Å². The summed E-state index contributed by atoms with van der Waals surface area (Å²) in [5.74, 6) is -1.37. The van der Waals surface area contributed by atoms with Crippen molar-refractivity contribution in [2.45, 2.75) is 26.9 Å². The molecule has 0 aliphatic carbocycles. The Morgan fingerprint density at radius 1 is 1.07 bits per heavy atom. The molecule has 0 aliphatic rings. The van der Waals surface area contributed by atoms with Crippen LogP contribution in [0.5, 0.6) is 0 Å². The molecule has 0 fully saturated rings. The summed E-state index contributed by atoms with van der Waals surface area (Å²) in [5.41, 5.74) is 3.33. The Morgan fingerprint density at radius 3 is 2.41 bits per heavy atom. The van der Waals surface area contributed by atoms with Crippen molar-refractivity contribution >= 4 is 33.7 Å². The SMILES string of the molecule is Cc1ccc(/C=C/S(=O)(=O)NCC(=O)OC(C)C(=O)Nc2cccc(C)c2)cc1. The molecule has 29 heavy (non-hydrogen) atoms. The first-order valence-corrected chi connectivity index (χ1v) is 10.5. The van der Waals surface area contributed by atoms with Gasteiger partial charge in [-0.1, -0.05) is 42.0 Å². The number of sulfonamides is 1. The predicted octanol–water partition coefficient (Wildman–Crippen LogP) is 2.76. The molecule has 0 aliphatic heterocycles. The lowest BCUT2D eigenvalue weighted by Crippen LogP contribution is -2.35. The van der Waals surface area contributed by atoms with Gasteiger partial charge in [-0.25, -0.2) is 13.1 Å². The van der Waals surface area contributed by atoms with Crippen LogP contribution in [-0.2, 0) is 24.3 Å². The molecule has 0 saturated heterocycles. The van der Waals surface area contributed by atoms with Gasteiger partial charge in [-0.2, -0.15) is 0 Å². The number of benzene rings is 2. The molecule has 0 spiro atoms. The fourth-order valence-corrected chi connectivity index (χ4v) is 3.06. The van der Waals surface area contributed by atoms with Crippen molar-refractivity contribution in [2.75, 3.05) is 11.9 Å². The molecule has 2 aromatic carbocycles. The number of nitrogens with one attached hydrogen (secondary N) is 2. The standard InChI is InChI=1S/C21H24N2O5S/c1-15-7-9-18(10-8-15)11-12-29(26,27)22-14-20(24)28-17(3)21(25)23-19-6-4-5-16(2)13-19/h4-13,17,22H,14H2,1-3H3,(H,23,25)/b12-11+. The molecule has 154 valence electrons. The zero-order valence-corrected chi connectivity index (χ0v) is 17.3. The fourth-order valence-electron chi connectivity index (χ4n) is 2.31. The van der Waals surface area contributed by atoms with Crippen LogP contribution in [0.2, 0.25) is 0 Å². The smallest absolute Gasteiger partial charge is 0.321 e. The second kappa shape index (κ2) is 9.99. The molecule has 8 heteroatoms. The van der Waals surface area contributed by atoms with E-state index in [0.717, 1.165) is 16.5 Å². The quantitative estimate of drug-likeness (QED) is 0.645. The predicted molar refractivity (Wildman–Crippen MR) is 112 cm³/mol. The van der Waals surface area contributed by atoms with Gasteiger partial charge < -0.3 is 10.1 Å². The number of hydrogen-bond donors (Lipinski definition) is 2. The Hall–Kier alpha value is -2.97. The molecule has 7 nitrogen and oxygen atoms in total. The number of hydrogen-bond acceptors (Lipinski definition) is 5. The van der Waals surface area contributed by atoms with Crippen molar-refractivity contribution in [2.24, 2.45) is 0 Å². The van der Waals surface area contributed by atoms with Gasteiger partial charge >= 0.3 is 5.97 Å². The number of esters is 1. The second-order valence-electron chi connectivity index (χ2n) is 6.57. The van der Waals surface area contributed by atoms with E-state index in [4.69, 9.17) is 4.74 Å². The molecule has 0 radical (unpaired) electrons. The maximum Gasteiger partial charge on any atom is 0.321 e. The largest absolute Gasteiger partial charge is 0.452 e. The minimum Gasteiger partial charge on any atom is -0.452 e. The summed E-state index contributed by atoms with van der Waals surface area (Å²) < 4.78 is 31.1. The van der Waals surface area contributed by atoms with Crippen LogP contribution in [0.1, 0.15) is 23.6 Å². The highest BCUT2D eigenvalue weighted by atomic mass is 32.2. The number of ether oxygens (including phenoxy) is 1. The van der Waals surface area contributed by atoms with Crippen molar-refractivity contribution in [3.63, 3.8) is 0 Å². The average Bonchev–Trinajstić information content (AvgIpc) is 2.66. The van der Waals surface area contributed by atoms with Crippen LogP contribution in [0.4, 0.5) is 5.69 Å². The first-order chi connectivity index (χ1) is 13.6. The minimum absolute atomic E-state index is 0.508. The summed E-state index contributed by atoms with van der Waals surface area (Å²) in [6.45, 7) is 4.65. The molecule has 0 heterocycles. The monoisotopic (exact) mass is 416 g/mol. The lowest BCUT2D eigenvalue weighted by Gasteiger charge is -2.14. The molecule has 0 bridgehead atoms. The van der Waals surface area contributed by atoms with Crippen molar-refractivity contribution in [3.05, 3.63) is 70.6 Å². The normalized spacial score (nSPS) is 12.5. The van der Waals surface area contributed by atoms with E-state index < -0.39 is 34.5 Å². The Kier molecular flexibility index (Phi) is 7.69. The maximum absolute atomic E-state index is 12.1. The van der Waals surface area contributed by atoms with E-state index >= 15 is 0 Å². The molecule has 2 aromatic rings. The first kappa shape index (κ1) is 22.3. The van der Waals surface area contributed by atoms with E-state index in [1.165, 1.54) is 13.0 Å². The summed E-state index contributed by atoms with van der Waals surface area (Å²) in [6, 6.07) is 14.5. The maximum atomic E-state index is 12.1. The number of amides is 1. The third-order valence-corrected chi connectivity index (χ3v) is 4.94. The average molecular weight is 416 g/mol. The van der Waals surface area contributed by atoms with E-state index in [1.807, 2.05) is 32.0 Å². The molecule has 0 aromatic heterocycles. The van der Waals surface area contributed by atoms with Gasteiger partial charge in [0.25, 0.3) is 5.91 Å². The van der Waals surface area contributed by atoms with E-state index in [-0.39, 0.29) is 0 Å². The zero-order chi connectivity index (χ0) is 21.4. The van der Waals surface area contributed by atoms with Crippen LogP contribution in [0.3, 0.4) is 0 Å². The fraction of sp³-hybridized carbons (Fsp3) is 0.238. The Balaban J connectivity index is 1.83. The van der Waals surface area contributed by atoms with Gasteiger partial charge in [0, 0.05) is 11.1 Å². The summed E-state index contributed by atoms with van der Waals surface area (Å²) in [6.07, 6.45) is 0.348. The number of aryl methyl sites for hydroxylation is 2. The van der Waals surface area contributed by atoms with Gasteiger partial charge in [0.2, 0.25) is 10.0 Å². The highest BCUT2D eigenvalue weighted by Gasteiger charge is 2.19. The summed E-state index contributed by atoms with van der Waals surface area (Å²) >= 11 is 0. The number of carbonyl (C=O) groups is 2. The topological polar surface area (TPSA) is 102 Å². The van der Waals surface area contributed by atoms with Crippen LogP contribution in [0, 0.1) is 13.8 Å². The number of rotatable bonds is 8. The van der Waals surface area contributed by atoms with Gasteiger partial charge in [0.15, 0.2) is 6.10 Å². The van der Waals surface area contributed by atoms with Crippen LogP contribution < -0.4 is 10.0 Å². The van der Waals surface area contributed by atoms with E-state index in [9.17, 15) is 18.0 Å². The third kappa shape index (κ3) is 7.89. The number of anilines is 1. The lowest BCUT2D eigenvalue weighted by molar-refractivity contribution is -0.151. The van der Waals surface area contributed by atoms with Crippen LogP contribution in [0.15, 0.2) is 53.9 Å². The molecule has 1 amide bonds. The zero-order valence-electron chi connectivity index (χ0n) is 16.5. The molecule has 2 rings (SSSR count). The molecule has 1 unspecified atom stereocenters. The van der Waals surface area contributed by atoms with Gasteiger partial charge in [-0.05, 0) is 50.1 Å². The Bertz CT molecular complexity index is 998. The first-order valence-electron chi connectivity index (χ1n) is 8.96. The van der Waals surface area contributed by atoms with Gasteiger partial charge in [-0.15, -0.1) is 0 Å². The van der Waals surface area contributed by atoms with Crippen LogP contribution >= 0.6 is 0 Å². The van der Waals surface area contributed by atoms with Crippen LogP contribution in [-0.4, -0.2) is 32.9 Å². The van der Waals surface area contributed by atoms with Crippen molar-refractivity contribution in [3.8, 4) is 0 Å². The van der Waals surface area contributed by atoms with Crippen molar-refractivity contribution < 1.29 is 22.7 Å². The number of carbonyl (C=O) groups excluding carboxylic acids is 2.